The maximum absolute atomic E-state index is 13.4. The van der Waals surface area contributed by atoms with Gasteiger partial charge in [-0.15, -0.1) is 0 Å². The Morgan fingerprint density at radius 1 is 0.885 bits per heavy atom. The second kappa shape index (κ2) is 7.50. The molecule has 0 aromatic heterocycles. The van der Waals surface area contributed by atoms with Crippen molar-refractivity contribution < 1.29 is 4.79 Å². The molecule has 4 nitrogen and oxygen atoms in total. The van der Waals surface area contributed by atoms with E-state index in [1.807, 2.05) is 21.9 Å². The van der Waals surface area contributed by atoms with Crippen LogP contribution in [0.3, 0.4) is 0 Å². The molecule has 0 N–H and O–H groups in total. The van der Waals surface area contributed by atoms with Gasteiger partial charge in [0.1, 0.15) is 0 Å². The quantitative estimate of drug-likeness (QED) is 0.827. The first kappa shape index (κ1) is 17.1. The van der Waals surface area contributed by atoms with Gasteiger partial charge in [-0.05, 0) is 36.2 Å². The van der Waals surface area contributed by atoms with E-state index in [0.29, 0.717) is 0 Å². The van der Waals surface area contributed by atoms with Crippen molar-refractivity contribution in [2.75, 3.05) is 37.6 Å². The van der Waals surface area contributed by atoms with Gasteiger partial charge in [0.2, 0.25) is 0 Å². The van der Waals surface area contributed by atoms with Crippen LogP contribution in [-0.2, 0) is 6.42 Å². The fourth-order valence-corrected chi connectivity index (χ4v) is 3.98. The minimum Gasteiger partial charge on any atom is -0.321 e. The van der Waals surface area contributed by atoms with Crippen molar-refractivity contribution in [1.29, 1.82) is 0 Å². The molecule has 2 aliphatic rings. The highest BCUT2D eigenvalue weighted by molar-refractivity contribution is 6.02. The molecule has 26 heavy (non-hydrogen) atoms. The Hall–Kier alpha value is -2.33. The van der Waals surface area contributed by atoms with Crippen molar-refractivity contribution in [3.8, 4) is 0 Å². The minimum absolute atomic E-state index is 0.111. The second-order valence-corrected chi connectivity index (χ2v) is 7.23. The fraction of sp³-hybridized carbons (Fsp3) is 0.409. The van der Waals surface area contributed by atoms with Crippen molar-refractivity contribution in [3.05, 3.63) is 59.7 Å². The predicted molar refractivity (Wildman–Crippen MR) is 106 cm³/mol. The highest BCUT2D eigenvalue weighted by atomic mass is 16.2. The third-order valence-corrected chi connectivity index (χ3v) is 5.51. The molecule has 0 unspecified atom stereocenters. The molecule has 2 aromatic carbocycles. The van der Waals surface area contributed by atoms with E-state index in [-0.39, 0.29) is 6.03 Å². The molecule has 136 valence electrons. The number of hydrogen-bond acceptors (Lipinski definition) is 2. The molecule has 2 heterocycles. The molecule has 0 atom stereocenters. The highest BCUT2D eigenvalue weighted by Crippen LogP contribution is 2.39. The molecule has 2 aliphatic heterocycles. The molecule has 4 rings (SSSR count). The molecule has 0 spiro atoms. The topological polar surface area (TPSA) is 26.8 Å². The van der Waals surface area contributed by atoms with Crippen LogP contribution in [0.25, 0.3) is 0 Å². The Bertz CT molecular complexity index is 735. The number of amides is 2. The van der Waals surface area contributed by atoms with E-state index < -0.39 is 0 Å². The maximum atomic E-state index is 13.4. The normalized spacial score (nSPS) is 17.0. The smallest absolute Gasteiger partial charge is 0.321 e. The fourth-order valence-electron chi connectivity index (χ4n) is 3.98. The lowest BCUT2D eigenvalue weighted by molar-refractivity contribution is 0.143. The third kappa shape index (κ3) is 3.21. The first-order valence-electron chi connectivity index (χ1n) is 9.75. The lowest BCUT2D eigenvalue weighted by Gasteiger charge is -2.39. The number of piperazine rings is 1. The number of fused-ring (bicyclic) bond motifs is 2. The van der Waals surface area contributed by atoms with Crippen molar-refractivity contribution >= 4 is 17.4 Å². The molecule has 1 saturated heterocycles. The van der Waals surface area contributed by atoms with Crippen LogP contribution in [0, 0.1) is 0 Å². The van der Waals surface area contributed by atoms with Crippen LogP contribution in [0.2, 0.25) is 0 Å². The van der Waals surface area contributed by atoms with E-state index in [4.69, 9.17) is 0 Å². The molecule has 4 heteroatoms. The number of para-hydroxylation sites is 2. The average Bonchev–Trinajstić information content (AvgIpc) is 2.70. The lowest BCUT2D eigenvalue weighted by atomic mass is 9.96. The zero-order chi connectivity index (χ0) is 17.9. The molecule has 2 aromatic rings. The summed E-state index contributed by atoms with van der Waals surface area (Å²) >= 11 is 0. The number of nitrogens with zero attached hydrogens (tertiary/aromatic N) is 3. The molecule has 2 amide bonds. The molecular formula is C22H27N3O. The Kier molecular flexibility index (Phi) is 4.93. The molecule has 0 bridgehead atoms. The van der Waals surface area contributed by atoms with E-state index in [2.05, 4.69) is 48.2 Å². The Labute approximate surface area is 156 Å². The average molecular weight is 349 g/mol. The van der Waals surface area contributed by atoms with E-state index in [9.17, 15) is 4.79 Å². The number of carbonyl (C=O) groups is 1. The van der Waals surface area contributed by atoms with Crippen molar-refractivity contribution in [2.45, 2.75) is 26.2 Å². The summed E-state index contributed by atoms with van der Waals surface area (Å²) in [6.45, 7) is 6.94. The summed E-state index contributed by atoms with van der Waals surface area (Å²) in [6.07, 6.45) is 3.35. The summed E-state index contributed by atoms with van der Waals surface area (Å²) in [5.41, 5.74) is 4.51. The first-order chi connectivity index (χ1) is 12.8. The van der Waals surface area contributed by atoms with E-state index >= 15 is 0 Å². The Morgan fingerprint density at radius 2 is 1.46 bits per heavy atom. The van der Waals surface area contributed by atoms with Crippen LogP contribution < -0.4 is 4.90 Å². The van der Waals surface area contributed by atoms with Crippen LogP contribution in [0.5, 0.6) is 0 Å². The van der Waals surface area contributed by atoms with Crippen LogP contribution >= 0.6 is 0 Å². The molecule has 0 aliphatic carbocycles. The third-order valence-electron chi connectivity index (χ3n) is 5.51. The van der Waals surface area contributed by atoms with Crippen LogP contribution in [0.15, 0.2) is 48.5 Å². The number of carbonyl (C=O) groups excluding carboxylic acids is 1. The summed E-state index contributed by atoms with van der Waals surface area (Å²) in [6, 6.07) is 16.7. The van der Waals surface area contributed by atoms with Gasteiger partial charge in [0, 0.05) is 32.6 Å². The molecule has 1 fully saturated rings. The lowest BCUT2D eigenvalue weighted by Crippen LogP contribution is -2.52. The van der Waals surface area contributed by atoms with Crippen molar-refractivity contribution in [2.24, 2.45) is 0 Å². The number of benzene rings is 2. The largest absolute Gasteiger partial charge is 0.329 e. The van der Waals surface area contributed by atoms with E-state index in [0.717, 1.165) is 50.5 Å². The van der Waals surface area contributed by atoms with Gasteiger partial charge in [0.25, 0.3) is 0 Å². The van der Waals surface area contributed by atoms with E-state index in [1.54, 1.807) is 0 Å². The standard InChI is InChI=1S/C22H27N3O/c1-2-3-12-23-13-15-24(16-14-23)22(26)25-20-10-6-4-8-18(20)17-19-9-5-7-11-21(19)25/h4-11H,2-3,12-17H2,1H3. The summed E-state index contributed by atoms with van der Waals surface area (Å²) in [5, 5.41) is 0. The van der Waals surface area contributed by atoms with Gasteiger partial charge in [-0.1, -0.05) is 49.7 Å². The number of rotatable bonds is 3. The van der Waals surface area contributed by atoms with Crippen LogP contribution in [0.1, 0.15) is 30.9 Å². The van der Waals surface area contributed by atoms with Crippen molar-refractivity contribution in [3.63, 3.8) is 0 Å². The van der Waals surface area contributed by atoms with Crippen LogP contribution in [0.4, 0.5) is 16.2 Å². The monoisotopic (exact) mass is 349 g/mol. The summed E-state index contributed by atoms with van der Waals surface area (Å²) in [4.78, 5) is 19.9. The number of urea groups is 1. The van der Waals surface area contributed by atoms with Gasteiger partial charge in [0.15, 0.2) is 0 Å². The number of anilines is 2. The zero-order valence-electron chi connectivity index (χ0n) is 15.5. The minimum atomic E-state index is 0.111. The van der Waals surface area contributed by atoms with Gasteiger partial charge in [0.05, 0.1) is 11.4 Å². The van der Waals surface area contributed by atoms with Crippen LogP contribution in [-0.4, -0.2) is 48.6 Å². The van der Waals surface area contributed by atoms with E-state index in [1.165, 1.54) is 24.0 Å². The van der Waals surface area contributed by atoms with Gasteiger partial charge in [-0.25, -0.2) is 4.79 Å². The second-order valence-electron chi connectivity index (χ2n) is 7.23. The Balaban J connectivity index is 1.57. The summed E-state index contributed by atoms with van der Waals surface area (Å²) in [7, 11) is 0. The molecule has 0 saturated carbocycles. The summed E-state index contributed by atoms with van der Waals surface area (Å²) in [5.74, 6) is 0. The van der Waals surface area contributed by atoms with Gasteiger partial charge in [-0.2, -0.15) is 0 Å². The van der Waals surface area contributed by atoms with Gasteiger partial charge >= 0.3 is 6.03 Å². The zero-order valence-corrected chi connectivity index (χ0v) is 15.5. The number of hydrogen-bond donors (Lipinski definition) is 0. The first-order valence-corrected chi connectivity index (χ1v) is 9.75. The summed E-state index contributed by atoms with van der Waals surface area (Å²) < 4.78 is 0. The maximum Gasteiger partial charge on any atom is 0.329 e. The molecule has 0 radical (unpaired) electrons. The Morgan fingerprint density at radius 3 is 2.04 bits per heavy atom. The highest BCUT2D eigenvalue weighted by Gasteiger charge is 2.31. The predicted octanol–water partition coefficient (Wildman–Crippen LogP) is 4.27. The number of unbranched alkanes of at least 4 members (excludes halogenated alkanes) is 1. The van der Waals surface area contributed by atoms with Crippen molar-refractivity contribution in [1.82, 2.24) is 9.80 Å². The van der Waals surface area contributed by atoms with Gasteiger partial charge in [-0.3, -0.25) is 9.80 Å². The SMILES string of the molecule is CCCCN1CCN(C(=O)N2c3ccccc3Cc3ccccc32)CC1. The molecular weight excluding hydrogens is 322 g/mol. The van der Waals surface area contributed by atoms with Gasteiger partial charge < -0.3 is 4.90 Å².